The molecule has 1 heterocycles. The second-order valence-electron chi connectivity index (χ2n) is 3.28. The minimum atomic E-state index is 0.139. The first-order chi connectivity index (χ1) is 8.13. The van der Waals surface area contributed by atoms with Gasteiger partial charge in [-0.3, -0.25) is 4.79 Å². The fraction of sp³-hybridized carbons (Fsp3) is 0.333. The normalized spacial score (nSPS) is 10.8. The van der Waals surface area contributed by atoms with Crippen LogP contribution >= 0.6 is 23.4 Å². The molecule has 0 aliphatic carbocycles. The van der Waals surface area contributed by atoms with Gasteiger partial charge in [-0.25, -0.2) is 4.98 Å². The summed E-state index contributed by atoms with van der Waals surface area (Å²) in [5, 5.41) is 0.712. The number of rotatable bonds is 5. The number of hydrogen-bond acceptors (Lipinski definition) is 4. The fourth-order valence-electron chi connectivity index (χ4n) is 1.21. The molecule has 0 aliphatic rings. The van der Waals surface area contributed by atoms with E-state index < -0.39 is 0 Å². The molecule has 0 N–H and O–H groups in total. The molecule has 1 aromatic heterocycles. The van der Waals surface area contributed by atoms with E-state index in [9.17, 15) is 4.79 Å². The molecule has 1 rings (SSSR count). The summed E-state index contributed by atoms with van der Waals surface area (Å²) in [6, 6.07) is 1.79. The molecule has 0 bridgehead atoms. The van der Waals surface area contributed by atoms with Crippen LogP contribution in [0.15, 0.2) is 18.3 Å². The first-order valence-electron chi connectivity index (χ1n) is 5.13. The lowest BCUT2D eigenvalue weighted by Gasteiger charge is -2.03. The minimum absolute atomic E-state index is 0.139. The molecule has 3 nitrogen and oxygen atoms in total. The van der Waals surface area contributed by atoms with E-state index in [0.29, 0.717) is 10.9 Å². The van der Waals surface area contributed by atoms with Crippen LogP contribution in [0, 0.1) is 0 Å². The highest BCUT2D eigenvalue weighted by molar-refractivity contribution is 8.13. The second-order valence-corrected chi connectivity index (χ2v) is 4.99. The van der Waals surface area contributed by atoms with Gasteiger partial charge in [0, 0.05) is 24.4 Å². The highest BCUT2D eigenvalue weighted by Gasteiger charge is 2.01. The van der Waals surface area contributed by atoms with Crippen LogP contribution in [-0.2, 0) is 4.79 Å². The topological polar surface area (TPSA) is 39.2 Å². The van der Waals surface area contributed by atoms with Crippen LogP contribution in [0.5, 0.6) is 5.88 Å². The van der Waals surface area contributed by atoms with Gasteiger partial charge in [0.05, 0.1) is 12.1 Å². The Morgan fingerprint density at radius 2 is 2.41 bits per heavy atom. The number of pyridine rings is 1. The summed E-state index contributed by atoms with van der Waals surface area (Å²) in [4.78, 5) is 14.8. The molecule has 1 aromatic rings. The van der Waals surface area contributed by atoms with E-state index in [1.807, 2.05) is 12.2 Å². The van der Waals surface area contributed by atoms with Crippen molar-refractivity contribution < 1.29 is 9.53 Å². The average molecular weight is 272 g/mol. The van der Waals surface area contributed by atoms with Crippen molar-refractivity contribution in [3.8, 4) is 5.88 Å². The Balaban J connectivity index is 2.57. The smallest absolute Gasteiger partial charge is 0.220 e. The monoisotopic (exact) mass is 271 g/mol. The molecule has 0 saturated carbocycles. The van der Waals surface area contributed by atoms with Gasteiger partial charge in [-0.15, -0.1) is 0 Å². The molecule has 0 amide bonds. The molecular weight excluding hydrogens is 258 g/mol. The standard InChI is InChI=1S/C12H14ClNO2S/c1-9(15)17-6-4-3-5-10-7-11(13)8-14-12(10)16-2/h3,5,7-8H,4,6H2,1-2H3. The molecule has 0 aliphatic heterocycles. The van der Waals surface area contributed by atoms with Crippen molar-refractivity contribution in [2.45, 2.75) is 13.3 Å². The first-order valence-corrected chi connectivity index (χ1v) is 6.49. The molecule has 0 atom stereocenters. The maximum absolute atomic E-state index is 10.7. The number of carbonyl (C=O) groups is 1. The lowest BCUT2D eigenvalue weighted by atomic mass is 10.2. The number of methoxy groups -OCH3 is 1. The van der Waals surface area contributed by atoms with E-state index in [1.54, 1.807) is 26.3 Å². The average Bonchev–Trinajstić information content (AvgIpc) is 2.28. The van der Waals surface area contributed by atoms with Crippen molar-refractivity contribution in [1.29, 1.82) is 0 Å². The predicted molar refractivity (Wildman–Crippen MR) is 72.6 cm³/mol. The number of allylic oxidation sites excluding steroid dienone is 1. The van der Waals surface area contributed by atoms with Crippen molar-refractivity contribution in [1.82, 2.24) is 4.98 Å². The largest absolute Gasteiger partial charge is 0.481 e. The molecule has 0 radical (unpaired) electrons. The number of ether oxygens (including phenoxy) is 1. The van der Waals surface area contributed by atoms with E-state index in [1.165, 1.54) is 11.8 Å². The van der Waals surface area contributed by atoms with Crippen LogP contribution in [0.3, 0.4) is 0 Å². The van der Waals surface area contributed by atoms with Crippen LogP contribution in [0.1, 0.15) is 18.9 Å². The van der Waals surface area contributed by atoms with Crippen LogP contribution in [-0.4, -0.2) is 23.0 Å². The van der Waals surface area contributed by atoms with Crippen molar-refractivity contribution in [2.75, 3.05) is 12.9 Å². The van der Waals surface area contributed by atoms with E-state index >= 15 is 0 Å². The second kappa shape index (κ2) is 7.35. The fourth-order valence-corrected chi connectivity index (χ4v) is 1.92. The van der Waals surface area contributed by atoms with Gasteiger partial charge in [-0.1, -0.05) is 35.5 Å². The zero-order valence-electron chi connectivity index (χ0n) is 9.77. The summed E-state index contributed by atoms with van der Waals surface area (Å²) in [6.45, 7) is 1.57. The summed E-state index contributed by atoms with van der Waals surface area (Å²) in [7, 11) is 1.57. The molecule has 92 valence electrons. The minimum Gasteiger partial charge on any atom is -0.481 e. The summed E-state index contributed by atoms with van der Waals surface area (Å²) < 4.78 is 5.12. The highest BCUT2D eigenvalue weighted by Crippen LogP contribution is 2.20. The van der Waals surface area contributed by atoms with Gasteiger partial charge in [0.15, 0.2) is 5.12 Å². The zero-order chi connectivity index (χ0) is 12.7. The van der Waals surface area contributed by atoms with Gasteiger partial charge in [0.2, 0.25) is 5.88 Å². The molecule has 0 spiro atoms. The maximum atomic E-state index is 10.7. The van der Waals surface area contributed by atoms with Crippen LogP contribution in [0.25, 0.3) is 6.08 Å². The molecule has 5 heteroatoms. The molecule has 17 heavy (non-hydrogen) atoms. The summed E-state index contributed by atoms with van der Waals surface area (Å²) in [5.74, 6) is 1.33. The van der Waals surface area contributed by atoms with Crippen molar-refractivity contribution in [2.24, 2.45) is 0 Å². The lowest BCUT2D eigenvalue weighted by molar-refractivity contribution is -0.109. The number of aromatic nitrogens is 1. The molecule has 0 saturated heterocycles. The van der Waals surface area contributed by atoms with Crippen LogP contribution in [0.2, 0.25) is 5.02 Å². The Hall–Kier alpha value is -1.00. The third-order valence-corrected chi connectivity index (χ3v) is 2.98. The Kier molecular flexibility index (Phi) is 6.08. The predicted octanol–water partition coefficient (Wildman–Crippen LogP) is 3.43. The van der Waals surface area contributed by atoms with Crippen molar-refractivity contribution in [3.63, 3.8) is 0 Å². The first kappa shape index (κ1) is 14.1. The highest BCUT2D eigenvalue weighted by atomic mass is 35.5. The van der Waals surface area contributed by atoms with Crippen LogP contribution in [0.4, 0.5) is 0 Å². The quantitative estimate of drug-likeness (QED) is 0.769. The summed E-state index contributed by atoms with van der Waals surface area (Å²) >= 11 is 7.17. The lowest BCUT2D eigenvalue weighted by Crippen LogP contribution is -1.90. The van der Waals surface area contributed by atoms with Gasteiger partial charge in [0.25, 0.3) is 0 Å². The molecule has 0 aromatic carbocycles. The molecular formula is C12H14ClNO2S. The third kappa shape index (κ3) is 5.24. The van der Waals surface area contributed by atoms with Crippen molar-refractivity contribution >= 4 is 34.6 Å². The van der Waals surface area contributed by atoms with Gasteiger partial charge in [-0.2, -0.15) is 0 Å². The van der Waals surface area contributed by atoms with E-state index in [2.05, 4.69) is 4.98 Å². The Labute approximate surface area is 110 Å². The van der Waals surface area contributed by atoms with E-state index in [0.717, 1.165) is 17.7 Å². The Bertz CT molecular complexity index is 421. The van der Waals surface area contributed by atoms with Gasteiger partial charge in [-0.05, 0) is 12.5 Å². The summed E-state index contributed by atoms with van der Waals surface area (Å²) in [6.07, 6.45) is 6.24. The maximum Gasteiger partial charge on any atom is 0.220 e. The van der Waals surface area contributed by atoms with Crippen LogP contribution < -0.4 is 4.74 Å². The number of hydrogen-bond donors (Lipinski definition) is 0. The number of halogens is 1. The number of thioether (sulfide) groups is 1. The van der Waals surface area contributed by atoms with Crippen molar-refractivity contribution in [3.05, 3.63) is 28.9 Å². The van der Waals surface area contributed by atoms with Gasteiger partial charge < -0.3 is 4.74 Å². The van der Waals surface area contributed by atoms with Gasteiger partial charge in [0.1, 0.15) is 0 Å². The Morgan fingerprint density at radius 3 is 3.06 bits per heavy atom. The Morgan fingerprint density at radius 1 is 1.65 bits per heavy atom. The van der Waals surface area contributed by atoms with Gasteiger partial charge >= 0.3 is 0 Å². The number of carbonyl (C=O) groups excluding carboxylic acids is 1. The zero-order valence-corrected chi connectivity index (χ0v) is 11.3. The number of nitrogens with zero attached hydrogens (tertiary/aromatic N) is 1. The summed E-state index contributed by atoms with van der Waals surface area (Å²) in [5.41, 5.74) is 0.841. The third-order valence-electron chi connectivity index (χ3n) is 1.93. The molecule has 0 unspecified atom stereocenters. The van der Waals surface area contributed by atoms with E-state index in [4.69, 9.17) is 16.3 Å². The SMILES string of the molecule is COc1ncc(Cl)cc1C=CCCSC(C)=O. The van der Waals surface area contributed by atoms with E-state index in [-0.39, 0.29) is 5.12 Å². The molecule has 0 fully saturated rings.